The van der Waals surface area contributed by atoms with Crippen molar-refractivity contribution in [3.8, 4) is 23.0 Å². The van der Waals surface area contributed by atoms with Crippen molar-refractivity contribution in [2.45, 2.75) is 24.7 Å². The summed E-state index contributed by atoms with van der Waals surface area (Å²) in [5.74, 6) is 2.51. The summed E-state index contributed by atoms with van der Waals surface area (Å²) in [6, 6.07) is 13.6. The second-order valence-corrected chi connectivity index (χ2v) is 8.67. The molecule has 2 aliphatic rings. The lowest BCUT2D eigenvalue weighted by atomic mass is 9.72. The Labute approximate surface area is 204 Å². The molecule has 0 saturated carbocycles. The van der Waals surface area contributed by atoms with Gasteiger partial charge in [-0.25, -0.2) is 0 Å². The predicted octanol–water partition coefficient (Wildman–Crippen LogP) is 5.07. The van der Waals surface area contributed by atoms with Gasteiger partial charge in [0.2, 0.25) is 0 Å². The van der Waals surface area contributed by atoms with Crippen LogP contribution in [0.4, 0.5) is 5.69 Å². The highest BCUT2D eigenvalue weighted by molar-refractivity contribution is 6.02. The quantitative estimate of drug-likeness (QED) is 0.536. The van der Waals surface area contributed by atoms with Gasteiger partial charge in [0.25, 0.3) is 0 Å². The fourth-order valence-corrected chi connectivity index (χ4v) is 5.20. The van der Waals surface area contributed by atoms with Gasteiger partial charge >= 0.3 is 0 Å². The molecular formula is C28H28N2O5. The normalized spacial score (nSPS) is 18.8. The van der Waals surface area contributed by atoms with Gasteiger partial charge in [0.15, 0.2) is 17.3 Å². The Kier molecular flexibility index (Phi) is 6.07. The smallest absolute Gasteiger partial charge is 0.162 e. The maximum Gasteiger partial charge on any atom is 0.162 e. The minimum atomic E-state index is -0.283. The third-order valence-electron chi connectivity index (χ3n) is 6.84. The van der Waals surface area contributed by atoms with Crippen molar-refractivity contribution >= 4 is 11.5 Å². The van der Waals surface area contributed by atoms with Gasteiger partial charge in [-0.2, -0.15) is 0 Å². The van der Waals surface area contributed by atoms with Crippen molar-refractivity contribution in [1.82, 2.24) is 4.98 Å². The minimum Gasteiger partial charge on any atom is -0.497 e. The molecule has 0 bridgehead atoms. The maximum atomic E-state index is 13.8. The Morgan fingerprint density at radius 2 is 1.66 bits per heavy atom. The zero-order valence-corrected chi connectivity index (χ0v) is 20.3. The van der Waals surface area contributed by atoms with Crippen molar-refractivity contribution in [3.63, 3.8) is 0 Å². The van der Waals surface area contributed by atoms with Crippen LogP contribution in [0.2, 0.25) is 0 Å². The van der Waals surface area contributed by atoms with E-state index in [1.54, 1.807) is 34.6 Å². The Balaban J connectivity index is 1.63. The van der Waals surface area contributed by atoms with Gasteiger partial charge in [0.05, 0.1) is 28.4 Å². The van der Waals surface area contributed by atoms with Crippen LogP contribution in [0.15, 0.2) is 66.1 Å². The highest BCUT2D eigenvalue weighted by Crippen LogP contribution is 2.52. The molecule has 1 N–H and O–H groups in total. The second-order valence-electron chi connectivity index (χ2n) is 8.67. The van der Waals surface area contributed by atoms with E-state index in [1.165, 1.54) is 0 Å². The summed E-state index contributed by atoms with van der Waals surface area (Å²) in [5, 5.41) is 3.55. The van der Waals surface area contributed by atoms with E-state index in [4.69, 9.17) is 18.9 Å². The van der Waals surface area contributed by atoms with E-state index in [1.807, 2.05) is 48.7 Å². The van der Waals surface area contributed by atoms with Gasteiger partial charge < -0.3 is 24.3 Å². The van der Waals surface area contributed by atoms with E-state index in [0.29, 0.717) is 35.8 Å². The number of Topliss-reactive ketones (excluding diaryl/α,β-unsaturated/α-hetero) is 1. The number of carbonyl (C=O) groups excluding carboxylic acids is 1. The number of nitrogens with one attached hydrogen (secondary N) is 1. The number of hydrogen-bond donors (Lipinski definition) is 1. The number of rotatable bonds is 6. The molecule has 0 fully saturated rings. The van der Waals surface area contributed by atoms with Crippen LogP contribution >= 0.6 is 0 Å². The first-order chi connectivity index (χ1) is 17.1. The Morgan fingerprint density at radius 3 is 2.34 bits per heavy atom. The molecule has 2 atom stereocenters. The molecule has 180 valence electrons. The molecule has 5 rings (SSSR count). The number of methoxy groups -OCH3 is 4. The standard InChI is InChI=1S/C28H28N2O5/c1-32-19-13-21-28(25(14-19)35-4)26(17-6-5-9-29-15-17)27-20(30-21)10-18(11-22(27)31)16-7-8-23(33-2)24(12-16)34-3/h5-9,12-15,18,26,30H,10-11H2,1-4H3/t18-,26-/m1/s1. The molecule has 7 heteroatoms. The number of nitrogens with zero attached hydrogens (tertiary/aromatic N) is 1. The van der Waals surface area contributed by atoms with Crippen molar-refractivity contribution < 1.29 is 23.7 Å². The molecule has 0 spiro atoms. The van der Waals surface area contributed by atoms with Crippen molar-refractivity contribution in [2.24, 2.45) is 0 Å². The van der Waals surface area contributed by atoms with E-state index in [9.17, 15) is 4.79 Å². The zero-order valence-electron chi connectivity index (χ0n) is 20.3. The number of benzene rings is 2. The van der Waals surface area contributed by atoms with Gasteiger partial charge in [-0.3, -0.25) is 9.78 Å². The molecule has 0 saturated heterocycles. The largest absolute Gasteiger partial charge is 0.497 e. The average Bonchev–Trinajstić information content (AvgIpc) is 2.91. The molecule has 2 heterocycles. The molecule has 1 aliphatic carbocycles. The molecule has 1 aromatic heterocycles. The van der Waals surface area contributed by atoms with Crippen LogP contribution < -0.4 is 24.3 Å². The van der Waals surface area contributed by atoms with Gasteiger partial charge in [0.1, 0.15) is 11.5 Å². The third-order valence-corrected chi connectivity index (χ3v) is 6.84. The lowest BCUT2D eigenvalue weighted by molar-refractivity contribution is -0.116. The number of fused-ring (bicyclic) bond motifs is 1. The molecule has 35 heavy (non-hydrogen) atoms. The van der Waals surface area contributed by atoms with E-state index >= 15 is 0 Å². The van der Waals surface area contributed by atoms with Crippen molar-refractivity contribution in [3.05, 3.63) is 82.8 Å². The van der Waals surface area contributed by atoms with E-state index < -0.39 is 0 Å². The molecule has 2 aromatic carbocycles. The highest BCUT2D eigenvalue weighted by Gasteiger charge is 2.40. The lowest BCUT2D eigenvalue weighted by Crippen LogP contribution is -2.30. The number of pyridine rings is 1. The van der Waals surface area contributed by atoms with Gasteiger partial charge in [-0.05, 0) is 41.7 Å². The summed E-state index contributed by atoms with van der Waals surface area (Å²) in [5.41, 5.74) is 5.45. The summed E-state index contributed by atoms with van der Waals surface area (Å²) in [6.07, 6.45) is 4.65. The molecule has 0 amide bonds. The number of anilines is 1. The number of ether oxygens (including phenoxy) is 4. The fraction of sp³-hybridized carbons (Fsp3) is 0.286. The van der Waals surface area contributed by atoms with Gasteiger partial charge in [-0.15, -0.1) is 0 Å². The molecule has 7 nitrogen and oxygen atoms in total. The monoisotopic (exact) mass is 472 g/mol. The number of allylic oxidation sites excluding steroid dienone is 2. The van der Waals surface area contributed by atoms with E-state index in [0.717, 1.165) is 33.6 Å². The topological polar surface area (TPSA) is 78.9 Å². The number of carbonyl (C=O) groups is 1. The Hall–Kier alpha value is -4.00. The number of hydrogen-bond acceptors (Lipinski definition) is 7. The SMILES string of the molecule is COc1cc2c(c(OC)c1)[C@H](c1cccnc1)C1=C(C[C@@H](c3ccc(OC)c(OC)c3)CC1=O)N2. The number of ketones is 1. The first-order valence-electron chi connectivity index (χ1n) is 11.5. The summed E-state index contributed by atoms with van der Waals surface area (Å²) in [7, 11) is 6.50. The first-order valence-corrected chi connectivity index (χ1v) is 11.5. The van der Waals surface area contributed by atoms with Crippen LogP contribution in [0, 0.1) is 0 Å². The lowest BCUT2D eigenvalue weighted by Gasteiger charge is -2.37. The Bertz CT molecular complexity index is 1300. The van der Waals surface area contributed by atoms with Crippen LogP contribution in [-0.4, -0.2) is 39.2 Å². The average molecular weight is 473 g/mol. The van der Waals surface area contributed by atoms with E-state index in [-0.39, 0.29) is 17.6 Å². The minimum absolute atomic E-state index is 0.0113. The van der Waals surface area contributed by atoms with Crippen LogP contribution in [-0.2, 0) is 4.79 Å². The molecular weight excluding hydrogens is 444 g/mol. The van der Waals surface area contributed by atoms with Crippen molar-refractivity contribution in [1.29, 1.82) is 0 Å². The highest BCUT2D eigenvalue weighted by atomic mass is 16.5. The molecule has 1 aliphatic heterocycles. The maximum absolute atomic E-state index is 13.8. The summed E-state index contributed by atoms with van der Waals surface area (Å²) in [4.78, 5) is 18.1. The van der Waals surface area contributed by atoms with E-state index in [2.05, 4.69) is 10.3 Å². The zero-order chi connectivity index (χ0) is 24.5. The van der Waals surface area contributed by atoms with Crippen LogP contribution in [0.3, 0.4) is 0 Å². The Morgan fingerprint density at radius 1 is 0.857 bits per heavy atom. The van der Waals surface area contributed by atoms with Gasteiger partial charge in [0, 0.05) is 59.4 Å². The summed E-state index contributed by atoms with van der Waals surface area (Å²) >= 11 is 0. The molecule has 3 aromatic rings. The fourth-order valence-electron chi connectivity index (χ4n) is 5.20. The molecule has 0 radical (unpaired) electrons. The van der Waals surface area contributed by atoms with Crippen LogP contribution in [0.5, 0.6) is 23.0 Å². The predicted molar refractivity (Wildman–Crippen MR) is 133 cm³/mol. The summed E-state index contributed by atoms with van der Waals surface area (Å²) < 4.78 is 22.2. The molecule has 0 unspecified atom stereocenters. The van der Waals surface area contributed by atoms with Crippen LogP contribution in [0.1, 0.15) is 41.4 Å². The second kappa shape index (κ2) is 9.33. The van der Waals surface area contributed by atoms with Gasteiger partial charge in [-0.1, -0.05) is 12.1 Å². The van der Waals surface area contributed by atoms with Crippen molar-refractivity contribution in [2.75, 3.05) is 33.8 Å². The number of aromatic nitrogens is 1. The van der Waals surface area contributed by atoms with Crippen LogP contribution in [0.25, 0.3) is 0 Å². The summed E-state index contributed by atoms with van der Waals surface area (Å²) in [6.45, 7) is 0. The third kappa shape index (κ3) is 3.97. The first kappa shape index (κ1) is 22.8.